The van der Waals surface area contributed by atoms with Crippen molar-refractivity contribution in [1.29, 1.82) is 0 Å². The zero-order valence-electron chi connectivity index (χ0n) is 8.19. The lowest BCUT2D eigenvalue weighted by atomic mass is 10.3. The summed E-state index contributed by atoms with van der Waals surface area (Å²) in [5, 5.41) is 0. The first-order valence-electron chi connectivity index (χ1n) is 4.23. The Balaban J connectivity index is 2.60. The van der Waals surface area contributed by atoms with Crippen LogP contribution in [0, 0.1) is 0 Å². The standard InChI is InChI=1S/C10H13NO3/c1-7(10(12)13-2)14-9-5-3-8(11)4-6-9/h3-7H,11H2,1-2H3/t7-/m0/s1. The van der Waals surface area contributed by atoms with Gasteiger partial charge in [-0.3, -0.25) is 0 Å². The molecule has 1 atom stereocenters. The fourth-order valence-electron chi connectivity index (χ4n) is 0.965. The van der Waals surface area contributed by atoms with Gasteiger partial charge in [-0.25, -0.2) is 4.79 Å². The number of rotatable bonds is 3. The van der Waals surface area contributed by atoms with Crippen LogP contribution in [0.25, 0.3) is 0 Å². The number of methoxy groups -OCH3 is 1. The molecule has 1 aromatic rings. The zero-order chi connectivity index (χ0) is 10.6. The topological polar surface area (TPSA) is 61.5 Å². The Morgan fingerprint density at radius 1 is 1.36 bits per heavy atom. The second-order valence-corrected chi connectivity index (χ2v) is 2.85. The maximum Gasteiger partial charge on any atom is 0.346 e. The summed E-state index contributed by atoms with van der Waals surface area (Å²) in [4.78, 5) is 11.0. The molecule has 0 aliphatic carbocycles. The number of hydrogen-bond acceptors (Lipinski definition) is 4. The van der Waals surface area contributed by atoms with Crippen molar-refractivity contribution in [2.24, 2.45) is 0 Å². The van der Waals surface area contributed by atoms with E-state index in [1.807, 2.05) is 0 Å². The number of carbonyl (C=O) groups excluding carboxylic acids is 1. The Bertz CT molecular complexity index is 308. The molecule has 0 heterocycles. The van der Waals surface area contributed by atoms with Crippen LogP contribution in [-0.4, -0.2) is 19.2 Å². The van der Waals surface area contributed by atoms with Gasteiger partial charge in [0.1, 0.15) is 5.75 Å². The third-order valence-electron chi connectivity index (χ3n) is 1.73. The third kappa shape index (κ3) is 2.65. The Labute approximate surface area is 82.6 Å². The summed E-state index contributed by atoms with van der Waals surface area (Å²) in [5.41, 5.74) is 6.15. The molecule has 0 spiro atoms. The lowest BCUT2D eigenvalue weighted by molar-refractivity contribution is -0.147. The van der Waals surface area contributed by atoms with Gasteiger partial charge < -0.3 is 15.2 Å². The quantitative estimate of drug-likeness (QED) is 0.581. The summed E-state index contributed by atoms with van der Waals surface area (Å²) < 4.78 is 9.81. The van der Waals surface area contributed by atoms with Crippen molar-refractivity contribution in [2.75, 3.05) is 12.8 Å². The molecule has 0 bridgehead atoms. The van der Waals surface area contributed by atoms with E-state index in [1.54, 1.807) is 31.2 Å². The molecule has 0 fully saturated rings. The molecule has 0 aliphatic rings. The van der Waals surface area contributed by atoms with Crippen molar-refractivity contribution in [1.82, 2.24) is 0 Å². The number of esters is 1. The van der Waals surface area contributed by atoms with E-state index in [1.165, 1.54) is 7.11 Å². The average Bonchev–Trinajstić information content (AvgIpc) is 2.20. The van der Waals surface area contributed by atoms with E-state index in [0.717, 1.165) is 0 Å². The Morgan fingerprint density at radius 2 is 1.93 bits per heavy atom. The first-order valence-corrected chi connectivity index (χ1v) is 4.23. The highest BCUT2D eigenvalue weighted by Gasteiger charge is 2.14. The molecule has 14 heavy (non-hydrogen) atoms. The third-order valence-corrected chi connectivity index (χ3v) is 1.73. The number of carbonyl (C=O) groups is 1. The van der Waals surface area contributed by atoms with Crippen LogP contribution in [0.3, 0.4) is 0 Å². The van der Waals surface area contributed by atoms with Crippen LogP contribution >= 0.6 is 0 Å². The fraction of sp³-hybridized carbons (Fsp3) is 0.300. The van der Waals surface area contributed by atoms with Gasteiger partial charge in [0.2, 0.25) is 0 Å². The van der Waals surface area contributed by atoms with Gasteiger partial charge in [0.05, 0.1) is 7.11 Å². The smallest absolute Gasteiger partial charge is 0.346 e. The van der Waals surface area contributed by atoms with Crippen molar-refractivity contribution in [3.05, 3.63) is 24.3 Å². The van der Waals surface area contributed by atoms with Crippen molar-refractivity contribution < 1.29 is 14.3 Å². The highest BCUT2D eigenvalue weighted by atomic mass is 16.6. The molecule has 0 amide bonds. The summed E-state index contributed by atoms with van der Waals surface area (Å²) in [7, 11) is 1.32. The fourth-order valence-corrected chi connectivity index (χ4v) is 0.965. The molecule has 0 aliphatic heterocycles. The number of benzene rings is 1. The van der Waals surface area contributed by atoms with E-state index in [9.17, 15) is 4.79 Å². The number of nitrogens with two attached hydrogens (primary N) is 1. The second kappa shape index (κ2) is 4.50. The number of hydrogen-bond donors (Lipinski definition) is 1. The molecular weight excluding hydrogens is 182 g/mol. The van der Waals surface area contributed by atoms with E-state index in [2.05, 4.69) is 4.74 Å². The number of ether oxygens (including phenoxy) is 2. The van der Waals surface area contributed by atoms with Gasteiger partial charge in [-0.15, -0.1) is 0 Å². The summed E-state index contributed by atoms with van der Waals surface area (Å²) in [6.07, 6.45) is -0.608. The minimum Gasteiger partial charge on any atom is -0.479 e. The minimum absolute atomic E-state index is 0.401. The van der Waals surface area contributed by atoms with E-state index >= 15 is 0 Å². The maximum atomic E-state index is 11.0. The van der Waals surface area contributed by atoms with Gasteiger partial charge in [-0.1, -0.05) is 0 Å². The van der Waals surface area contributed by atoms with Crippen LogP contribution in [0.5, 0.6) is 5.75 Å². The van der Waals surface area contributed by atoms with E-state index in [4.69, 9.17) is 10.5 Å². The van der Waals surface area contributed by atoms with Gasteiger partial charge in [0, 0.05) is 5.69 Å². The van der Waals surface area contributed by atoms with Gasteiger partial charge in [0.25, 0.3) is 0 Å². The molecule has 76 valence electrons. The van der Waals surface area contributed by atoms with Crippen LogP contribution in [0.2, 0.25) is 0 Å². The van der Waals surface area contributed by atoms with Crippen LogP contribution in [0.15, 0.2) is 24.3 Å². The van der Waals surface area contributed by atoms with Crippen LogP contribution in [0.4, 0.5) is 5.69 Å². The van der Waals surface area contributed by atoms with E-state index in [0.29, 0.717) is 11.4 Å². The Kier molecular flexibility index (Phi) is 3.34. The van der Waals surface area contributed by atoms with Crippen LogP contribution < -0.4 is 10.5 Å². The number of anilines is 1. The van der Waals surface area contributed by atoms with Gasteiger partial charge in [-0.05, 0) is 31.2 Å². The summed E-state index contributed by atoms with van der Waals surface area (Å²) in [6, 6.07) is 6.82. The molecule has 0 radical (unpaired) electrons. The van der Waals surface area contributed by atoms with E-state index in [-0.39, 0.29) is 0 Å². The highest BCUT2D eigenvalue weighted by Crippen LogP contribution is 2.14. The highest BCUT2D eigenvalue weighted by molar-refractivity contribution is 5.74. The minimum atomic E-state index is -0.608. The normalized spacial score (nSPS) is 11.9. The summed E-state index contributed by atoms with van der Waals surface area (Å²) in [5.74, 6) is 0.193. The largest absolute Gasteiger partial charge is 0.479 e. The van der Waals surface area contributed by atoms with Crippen molar-refractivity contribution in [3.63, 3.8) is 0 Å². The molecule has 0 unspecified atom stereocenters. The van der Waals surface area contributed by atoms with Gasteiger partial charge >= 0.3 is 5.97 Å². The summed E-state index contributed by atoms with van der Waals surface area (Å²) in [6.45, 7) is 1.63. The van der Waals surface area contributed by atoms with Crippen molar-refractivity contribution in [2.45, 2.75) is 13.0 Å². The zero-order valence-corrected chi connectivity index (χ0v) is 8.19. The van der Waals surface area contributed by atoms with Crippen LogP contribution in [0.1, 0.15) is 6.92 Å². The molecule has 0 saturated carbocycles. The molecule has 1 aromatic carbocycles. The maximum absolute atomic E-state index is 11.0. The van der Waals surface area contributed by atoms with Crippen LogP contribution in [-0.2, 0) is 9.53 Å². The first-order chi connectivity index (χ1) is 6.63. The van der Waals surface area contributed by atoms with Gasteiger partial charge in [0.15, 0.2) is 6.10 Å². The average molecular weight is 195 g/mol. The SMILES string of the molecule is COC(=O)[C@H](C)Oc1ccc(N)cc1. The predicted molar refractivity (Wildman–Crippen MR) is 53.0 cm³/mol. The Hall–Kier alpha value is -1.71. The molecule has 4 heteroatoms. The molecule has 4 nitrogen and oxygen atoms in total. The van der Waals surface area contributed by atoms with Gasteiger partial charge in [-0.2, -0.15) is 0 Å². The number of nitrogen functional groups attached to an aromatic ring is 1. The summed E-state index contributed by atoms with van der Waals surface area (Å²) >= 11 is 0. The lowest BCUT2D eigenvalue weighted by Gasteiger charge is -2.12. The first kappa shape index (κ1) is 10.4. The Morgan fingerprint density at radius 3 is 2.43 bits per heavy atom. The monoisotopic (exact) mass is 195 g/mol. The van der Waals surface area contributed by atoms with Crippen molar-refractivity contribution in [3.8, 4) is 5.75 Å². The molecule has 0 aromatic heterocycles. The van der Waals surface area contributed by atoms with E-state index < -0.39 is 12.1 Å². The molecule has 0 saturated heterocycles. The molecule has 1 rings (SSSR count). The predicted octanol–water partition coefficient (Wildman–Crippen LogP) is 1.21. The molecule has 2 N–H and O–H groups in total. The lowest BCUT2D eigenvalue weighted by Crippen LogP contribution is -2.24. The molecular formula is C10H13NO3. The second-order valence-electron chi connectivity index (χ2n) is 2.85. The van der Waals surface area contributed by atoms with Crippen molar-refractivity contribution >= 4 is 11.7 Å².